The average Bonchev–Trinajstić information content (AvgIpc) is 3.45. The van der Waals surface area contributed by atoms with Crippen LogP contribution in [0.25, 0.3) is 0 Å². The molecule has 4 heterocycles. The summed E-state index contributed by atoms with van der Waals surface area (Å²) in [7, 11) is 0. The Bertz CT molecular complexity index is 1460. The molecule has 18 heteroatoms. The molecule has 9 N–H and O–H groups in total. The first-order chi connectivity index (χ1) is 24.1. The minimum absolute atomic E-state index is 0.457. The Balaban J connectivity index is 1.52. The lowest BCUT2D eigenvalue weighted by molar-refractivity contribution is -0.338. The third-order valence-corrected chi connectivity index (χ3v) is 8.57. The van der Waals surface area contributed by atoms with E-state index >= 15 is 0 Å². The van der Waals surface area contributed by atoms with Crippen molar-refractivity contribution in [3.8, 4) is 0 Å². The van der Waals surface area contributed by atoms with E-state index in [0.29, 0.717) is 5.03 Å². The van der Waals surface area contributed by atoms with Crippen molar-refractivity contribution in [2.75, 3.05) is 13.2 Å². The number of hydrogen-bond donors (Lipinski definition) is 8. The maximum Gasteiger partial charge on any atom is 0.264 e. The number of carbonyl (C=O) groups is 3. The molecule has 0 aromatic heterocycles. The topological polar surface area (TPSA) is 268 Å². The van der Waals surface area contributed by atoms with E-state index in [0.717, 1.165) is 11.0 Å². The van der Waals surface area contributed by atoms with Gasteiger partial charge >= 0.3 is 0 Å². The molecule has 0 radical (unpaired) electrons. The van der Waals surface area contributed by atoms with Crippen molar-refractivity contribution < 1.29 is 73.8 Å². The molecule has 0 aliphatic carbocycles. The SMILES string of the molecule is C/C(Cl)=C/C=C/C=C/C=C/C=C/C(O)=C1\C(=O)[C@H](CC(N)=O)N(C2OC[C@@H](O)[C@H](O)[C@@H]2O[C@@H]2OC[C@@H](O[C@@H]3O[C@H](C)[C@@H](O)[C@@H]3O)[C@@H](O)[C@@H]2O)C1=O. The number of likely N-dealkylation sites (tertiary alicyclic amines) is 1. The molecule has 13 atom stereocenters. The Morgan fingerprint density at radius 3 is 2.12 bits per heavy atom. The smallest absolute Gasteiger partial charge is 0.264 e. The molecule has 0 aromatic carbocycles. The highest BCUT2D eigenvalue weighted by molar-refractivity contribution is 6.29. The summed E-state index contributed by atoms with van der Waals surface area (Å²) in [6.45, 7) is 2.20. The van der Waals surface area contributed by atoms with Crippen molar-refractivity contribution in [3.05, 3.63) is 71.0 Å². The van der Waals surface area contributed by atoms with Crippen LogP contribution in [0.3, 0.4) is 0 Å². The van der Waals surface area contributed by atoms with E-state index in [2.05, 4.69) is 0 Å². The molecule has 4 saturated heterocycles. The molecule has 0 bridgehead atoms. The highest BCUT2D eigenvalue weighted by Gasteiger charge is 2.56. The van der Waals surface area contributed by atoms with Crippen LogP contribution in [0.15, 0.2) is 71.0 Å². The van der Waals surface area contributed by atoms with Gasteiger partial charge in [-0.15, -0.1) is 0 Å². The lowest BCUT2D eigenvalue weighted by Gasteiger charge is -2.46. The number of aliphatic hydroxyl groups excluding tert-OH is 7. The van der Waals surface area contributed by atoms with Crippen LogP contribution in [0.4, 0.5) is 0 Å². The van der Waals surface area contributed by atoms with Crippen molar-refractivity contribution in [2.24, 2.45) is 5.73 Å². The highest BCUT2D eigenvalue weighted by Crippen LogP contribution is 2.35. The number of nitrogens with zero attached hydrogens (tertiary/aromatic N) is 1. The predicted octanol–water partition coefficient (Wildman–Crippen LogP) is -1.79. The summed E-state index contributed by atoms with van der Waals surface area (Å²) in [6, 6.07) is -1.62. The lowest BCUT2D eigenvalue weighted by atomic mass is 10.0. The molecule has 4 rings (SSSR count). The fourth-order valence-electron chi connectivity index (χ4n) is 5.74. The summed E-state index contributed by atoms with van der Waals surface area (Å²) in [5, 5.41) is 74.5. The number of halogens is 1. The fraction of sp³-hybridized carbons (Fsp3) is 0.545. The molecule has 0 saturated carbocycles. The number of carbonyl (C=O) groups excluding carboxylic acids is 3. The van der Waals surface area contributed by atoms with Gasteiger partial charge in [0.2, 0.25) is 5.91 Å². The van der Waals surface area contributed by atoms with Crippen LogP contribution >= 0.6 is 11.6 Å². The van der Waals surface area contributed by atoms with Gasteiger partial charge in [0.1, 0.15) is 66.2 Å². The summed E-state index contributed by atoms with van der Waals surface area (Å²) < 4.78 is 27.8. The van der Waals surface area contributed by atoms with Crippen LogP contribution in [0.2, 0.25) is 0 Å². The van der Waals surface area contributed by atoms with E-state index in [1.807, 2.05) is 0 Å². The van der Waals surface area contributed by atoms with Crippen LogP contribution in [-0.2, 0) is 38.1 Å². The molecular weight excluding hydrogens is 700 g/mol. The van der Waals surface area contributed by atoms with Gasteiger partial charge in [0.25, 0.3) is 5.91 Å². The Morgan fingerprint density at radius 2 is 1.51 bits per heavy atom. The number of primary amides is 1. The molecule has 1 unspecified atom stereocenters. The first-order valence-electron chi connectivity index (χ1n) is 16.0. The number of aliphatic hydroxyl groups is 7. The van der Waals surface area contributed by atoms with Crippen molar-refractivity contribution >= 4 is 29.2 Å². The van der Waals surface area contributed by atoms with Gasteiger partial charge in [0.05, 0.1) is 25.7 Å². The van der Waals surface area contributed by atoms with E-state index in [1.54, 1.807) is 43.4 Å². The first-order valence-corrected chi connectivity index (χ1v) is 16.4. The molecule has 4 fully saturated rings. The van der Waals surface area contributed by atoms with E-state index in [9.17, 15) is 50.1 Å². The molecule has 4 aliphatic heterocycles. The minimum atomic E-state index is -1.89. The van der Waals surface area contributed by atoms with Crippen molar-refractivity contribution in [1.29, 1.82) is 0 Å². The van der Waals surface area contributed by atoms with E-state index in [1.165, 1.54) is 19.1 Å². The van der Waals surface area contributed by atoms with Gasteiger partial charge in [-0.3, -0.25) is 19.3 Å². The molecule has 51 heavy (non-hydrogen) atoms. The van der Waals surface area contributed by atoms with Crippen LogP contribution in [0.5, 0.6) is 0 Å². The monoisotopic (exact) mass is 742 g/mol. The maximum atomic E-state index is 13.7. The van der Waals surface area contributed by atoms with Gasteiger partial charge in [-0.2, -0.15) is 0 Å². The van der Waals surface area contributed by atoms with Crippen molar-refractivity contribution in [3.63, 3.8) is 0 Å². The maximum absolute atomic E-state index is 13.7. The Hall–Kier alpha value is -3.30. The normalized spacial score (nSPS) is 39.4. The molecular formula is C33H43ClN2O15. The third-order valence-electron chi connectivity index (χ3n) is 8.45. The standard InChI is InChI=1S/C33H43ClN2O15/c1-15(34)10-8-6-4-3-5-7-9-11-18(37)22-24(41)17(12-21(35)39)36(30(22)46)31-29(25(42)19(38)13-47-31)51-32-28(45)26(43)20(14-48-32)50-33-27(44)23(40)16(2)49-33/h3-11,16-17,19-20,23,25-29,31-33,37-38,40,42-45H,12-14H2,1-2H3,(H2,35,39)/b4-3+,7-5+,8-6+,11-9+,15-10-,22-18-/t16-,17+,19-,20-,23-,25+,26-,27+,28+,29+,31?,32+,33+/m1/s1. The number of nitrogens with two attached hydrogens (primary N) is 1. The number of ketones is 1. The number of rotatable bonds is 12. The zero-order valence-electron chi connectivity index (χ0n) is 27.6. The van der Waals surface area contributed by atoms with E-state index in [-0.39, 0.29) is 0 Å². The molecule has 0 spiro atoms. The third kappa shape index (κ3) is 9.58. The lowest BCUT2D eigenvalue weighted by Crippen LogP contribution is -2.65. The van der Waals surface area contributed by atoms with Crippen LogP contribution in [-0.4, -0.2) is 151 Å². The summed E-state index contributed by atoms with van der Waals surface area (Å²) in [5.41, 5.74) is 4.67. The van der Waals surface area contributed by atoms with Gasteiger partial charge in [-0.25, -0.2) is 0 Å². The Labute approximate surface area is 297 Å². The second kappa shape index (κ2) is 18.0. The van der Waals surface area contributed by atoms with Crippen molar-refractivity contribution in [1.82, 2.24) is 4.90 Å². The number of Topliss-reactive ketones (excluding diaryl/α,β-unsaturated/α-hetero) is 1. The highest BCUT2D eigenvalue weighted by atomic mass is 35.5. The van der Waals surface area contributed by atoms with Crippen molar-refractivity contribution in [2.45, 2.75) is 100 Å². The second-order valence-corrected chi connectivity index (χ2v) is 12.8. The molecule has 2 amide bonds. The number of hydrogen-bond acceptors (Lipinski definition) is 15. The quantitative estimate of drug-likeness (QED) is 0.0475. The molecule has 282 valence electrons. The van der Waals surface area contributed by atoms with Gasteiger partial charge < -0.3 is 65.2 Å². The van der Waals surface area contributed by atoms with Gasteiger partial charge in [-0.05, 0) is 26.0 Å². The predicted molar refractivity (Wildman–Crippen MR) is 175 cm³/mol. The van der Waals surface area contributed by atoms with Crippen LogP contribution < -0.4 is 5.73 Å². The fourth-order valence-corrected chi connectivity index (χ4v) is 5.81. The second-order valence-electron chi connectivity index (χ2n) is 12.2. The Morgan fingerprint density at radius 1 is 0.882 bits per heavy atom. The molecule has 0 aromatic rings. The zero-order chi connectivity index (χ0) is 37.6. The average molecular weight is 743 g/mol. The van der Waals surface area contributed by atoms with Crippen LogP contribution in [0.1, 0.15) is 20.3 Å². The first kappa shape index (κ1) is 40.5. The Kier molecular flexibility index (Phi) is 14.2. The summed E-state index contributed by atoms with van der Waals surface area (Å²) >= 11 is 5.74. The zero-order valence-corrected chi connectivity index (χ0v) is 28.4. The summed E-state index contributed by atoms with van der Waals surface area (Å²) in [5.74, 6) is -3.83. The largest absolute Gasteiger partial charge is 0.507 e. The summed E-state index contributed by atoms with van der Waals surface area (Å²) in [4.78, 5) is 40.0. The number of amides is 2. The van der Waals surface area contributed by atoms with Gasteiger partial charge in [0.15, 0.2) is 24.6 Å². The van der Waals surface area contributed by atoms with E-state index < -0.39 is 128 Å². The summed E-state index contributed by atoms with van der Waals surface area (Å²) in [6.07, 6.45) is -5.02. The van der Waals surface area contributed by atoms with Gasteiger partial charge in [-0.1, -0.05) is 54.1 Å². The number of allylic oxidation sites excluding steroid dienone is 10. The minimum Gasteiger partial charge on any atom is -0.507 e. The van der Waals surface area contributed by atoms with Gasteiger partial charge in [0, 0.05) is 5.03 Å². The molecule has 4 aliphatic rings. The molecule has 17 nitrogen and oxygen atoms in total. The van der Waals surface area contributed by atoms with E-state index in [4.69, 9.17) is 41.0 Å². The number of ether oxygens (including phenoxy) is 5. The van der Waals surface area contributed by atoms with Crippen LogP contribution in [0, 0.1) is 0 Å².